The Hall–Kier alpha value is -0.870. The highest BCUT2D eigenvalue weighted by Crippen LogP contribution is 2.33. The minimum absolute atomic E-state index is 0.425. The van der Waals surface area contributed by atoms with Crippen molar-refractivity contribution in [2.24, 2.45) is 10.3 Å². The SMILES string of the molecule is CC(C)CCCC(C)NC1=NSc2cc(Cl)ccc2N1. The molecule has 1 atom stereocenters. The molecule has 3 nitrogen and oxygen atoms in total. The number of fused-ring (bicyclic) bond motifs is 1. The van der Waals surface area contributed by atoms with Gasteiger partial charge in [-0.15, -0.1) is 0 Å². The van der Waals surface area contributed by atoms with Gasteiger partial charge in [-0.05, 0) is 37.5 Å². The molecular formula is C15H22ClN3S. The molecule has 0 saturated heterocycles. The molecule has 1 aliphatic rings. The lowest BCUT2D eigenvalue weighted by Crippen LogP contribution is -2.38. The van der Waals surface area contributed by atoms with Gasteiger partial charge < -0.3 is 10.6 Å². The summed E-state index contributed by atoms with van der Waals surface area (Å²) in [4.78, 5) is 1.07. The Morgan fingerprint density at radius 3 is 2.85 bits per heavy atom. The van der Waals surface area contributed by atoms with E-state index >= 15 is 0 Å². The van der Waals surface area contributed by atoms with Crippen LogP contribution in [0, 0.1) is 5.92 Å². The Labute approximate surface area is 130 Å². The first-order chi connectivity index (χ1) is 9.54. The van der Waals surface area contributed by atoms with Crippen molar-refractivity contribution in [2.45, 2.75) is 51.0 Å². The zero-order chi connectivity index (χ0) is 14.5. The Morgan fingerprint density at radius 2 is 2.10 bits per heavy atom. The molecule has 110 valence electrons. The molecule has 0 radical (unpaired) electrons. The van der Waals surface area contributed by atoms with Crippen LogP contribution in [0.25, 0.3) is 0 Å². The van der Waals surface area contributed by atoms with Crippen LogP contribution in [-0.2, 0) is 0 Å². The fourth-order valence-electron chi connectivity index (χ4n) is 2.12. The second-order valence-corrected chi connectivity index (χ2v) is 6.91. The molecule has 1 aromatic carbocycles. The van der Waals surface area contributed by atoms with E-state index in [2.05, 4.69) is 35.8 Å². The number of hydrogen-bond acceptors (Lipinski definition) is 4. The van der Waals surface area contributed by atoms with Gasteiger partial charge in [0.25, 0.3) is 0 Å². The van der Waals surface area contributed by atoms with Gasteiger partial charge in [0.1, 0.15) is 0 Å². The quantitative estimate of drug-likeness (QED) is 0.757. The van der Waals surface area contributed by atoms with Crippen LogP contribution in [0.2, 0.25) is 5.02 Å². The number of halogens is 1. The number of guanidine groups is 1. The predicted octanol–water partition coefficient (Wildman–Crippen LogP) is 4.93. The monoisotopic (exact) mass is 311 g/mol. The van der Waals surface area contributed by atoms with Crippen molar-refractivity contribution < 1.29 is 0 Å². The maximum Gasteiger partial charge on any atom is 0.208 e. The van der Waals surface area contributed by atoms with E-state index in [1.807, 2.05) is 18.2 Å². The van der Waals surface area contributed by atoms with Crippen molar-refractivity contribution in [1.29, 1.82) is 0 Å². The Morgan fingerprint density at radius 1 is 1.30 bits per heavy atom. The van der Waals surface area contributed by atoms with Crippen LogP contribution in [-0.4, -0.2) is 12.0 Å². The topological polar surface area (TPSA) is 36.4 Å². The van der Waals surface area contributed by atoms with Crippen molar-refractivity contribution in [3.8, 4) is 0 Å². The molecule has 1 aliphatic heterocycles. The maximum atomic E-state index is 5.97. The molecular weight excluding hydrogens is 290 g/mol. The summed E-state index contributed by atoms with van der Waals surface area (Å²) in [6, 6.07) is 6.24. The van der Waals surface area contributed by atoms with E-state index in [9.17, 15) is 0 Å². The van der Waals surface area contributed by atoms with Crippen LogP contribution < -0.4 is 10.6 Å². The van der Waals surface area contributed by atoms with Crippen molar-refractivity contribution in [3.05, 3.63) is 23.2 Å². The fourth-order valence-corrected chi connectivity index (χ4v) is 3.04. The first kappa shape index (κ1) is 15.5. The predicted molar refractivity (Wildman–Crippen MR) is 89.7 cm³/mol. The summed E-state index contributed by atoms with van der Waals surface area (Å²) < 4.78 is 4.45. The lowest BCUT2D eigenvalue weighted by Gasteiger charge is -2.22. The van der Waals surface area contributed by atoms with Crippen LogP contribution in [0.5, 0.6) is 0 Å². The molecule has 0 spiro atoms. The highest BCUT2D eigenvalue weighted by molar-refractivity contribution is 7.98. The van der Waals surface area contributed by atoms with Crippen molar-refractivity contribution in [1.82, 2.24) is 5.32 Å². The van der Waals surface area contributed by atoms with Gasteiger partial charge in [0.05, 0.1) is 10.6 Å². The minimum atomic E-state index is 0.425. The van der Waals surface area contributed by atoms with Gasteiger partial charge >= 0.3 is 0 Å². The van der Waals surface area contributed by atoms with E-state index in [1.54, 1.807) is 0 Å². The van der Waals surface area contributed by atoms with Crippen LogP contribution in [0.3, 0.4) is 0 Å². The van der Waals surface area contributed by atoms with Crippen LogP contribution in [0.1, 0.15) is 40.0 Å². The average Bonchev–Trinajstić information content (AvgIpc) is 2.38. The van der Waals surface area contributed by atoms with Gasteiger partial charge in [0.15, 0.2) is 0 Å². The molecule has 0 fully saturated rings. The molecule has 0 aromatic heterocycles. The summed E-state index contributed by atoms with van der Waals surface area (Å²) in [5.41, 5.74) is 1.06. The normalized spacial score (nSPS) is 15.3. The van der Waals surface area contributed by atoms with Gasteiger partial charge in [-0.1, -0.05) is 38.3 Å². The third-order valence-corrected chi connectivity index (χ3v) is 4.28. The summed E-state index contributed by atoms with van der Waals surface area (Å²) in [5.74, 6) is 1.61. The molecule has 1 unspecified atom stereocenters. The second kappa shape index (κ2) is 7.23. The Kier molecular flexibility index (Phi) is 5.61. The van der Waals surface area contributed by atoms with Crippen molar-refractivity contribution >= 4 is 35.2 Å². The largest absolute Gasteiger partial charge is 0.353 e. The summed E-state index contributed by atoms with van der Waals surface area (Å²) in [5, 5.41) is 7.49. The molecule has 2 N–H and O–H groups in total. The number of hydrogen-bond donors (Lipinski definition) is 2. The molecule has 2 rings (SSSR count). The van der Waals surface area contributed by atoms with Crippen molar-refractivity contribution in [3.63, 3.8) is 0 Å². The number of rotatable bonds is 5. The van der Waals surface area contributed by atoms with Gasteiger partial charge in [-0.3, -0.25) is 0 Å². The van der Waals surface area contributed by atoms with E-state index < -0.39 is 0 Å². The summed E-state index contributed by atoms with van der Waals surface area (Å²) in [6.07, 6.45) is 3.69. The third-order valence-electron chi connectivity index (χ3n) is 3.23. The smallest absolute Gasteiger partial charge is 0.208 e. The molecule has 20 heavy (non-hydrogen) atoms. The van der Waals surface area contributed by atoms with E-state index in [1.165, 1.54) is 24.8 Å². The van der Waals surface area contributed by atoms with Crippen LogP contribution >= 0.6 is 23.5 Å². The molecule has 0 amide bonds. The maximum absolute atomic E-state index is 5.97. The molecule has 0 aliphatic carbocycles. The second-order valence-electron chi connectivity index (χ2n) is 5.67. The molecule has 5 heteroatoms. The van der Waals surface area contributed by atoms with E-state index in [4.69, 9.17) is 11.6 Å². The number of nitrogens with one attached hydrogen (secondary N) is 2. The standard InChI is InChI=1S/C15H22ClN3S/c1-10(2)5-4-6-11(3)17-15-18-13-8-7-12(16)9-14(13)20-19-15/h7-11H,4-6H2,1-3H3,(H2,17,18,19). The van der Waals surface area contributed by atoms with Gasteiger partial charge in [-0.25, -0.2) is 0 Å². The first-order valence-corrected chi connectivity index (χ1v) is 8.28. The van der Waals surface area contributed by atoms with E-state index in [0.29, 0.717) is 6.04 Å². The van der Waals surface area contributed by atoms with E-state index in [-0.39, 0.29) is 0 Å². The van der Waals surface area contributed by atoms with Crippen LogP contribution in [0.15, 0.2) is 27.5 Å². The minimum Gasteiger partial charge on any atom is -0.353 e. The summed E-state index contributed by atoms with van der Waals surface area (Å²) >= 11 is 7.44. The van der Waals surface area contributed by atoms with E-state index in [0.717, 1.165) is 33.9 Å². The highest BCUT2D eigenvalue weighted by Gasteiger charge is 2.14. The lowest BCUT2D eigenvalue weighted by molar-refractivity contribution is 0.494. The first-order valence-electron chi connectivity index (χ1n) is 7.12. The molecule has 0 bridgehead atoms. The number of benzene rings is 1. The van der Waals surface area contributed by atoms with Crippen molar-refractivity contribution in [2.75, 3.05) is 5.32 Å². The number of nitrogens with zero attached hydrogens (tertiary/aromatic N) is 1. The molecule has 1 aromatic rings. The summed E-state index contributed by atoms with van der Waals surface area (Å²) in [6.45, 7) is 6.74. The van der Waals surface area contributed by atoms with Crippen LogP contribution in [0.4, 0.5) is 5.69 Å². The van der Waals surface area contributed by atoms with Gasteiger partial charge in [0, 0.05) is 23.0 Å². The zero-order valence-corrected chi connectivity index (χ0v) is 13.8. The van der Waals surface area contributed by atoms with Gasteiger partial charge in [-0.2, -0.15) is 4.40 Å². The zero-order valence-electron chi connectivity index (χ0n) is 12.2. The molecule has 1 heterocycles. The van der Waals surface area contributed by atoms with Gasteiger partial charge in [0.2, 0.25) is 5.96 Å². The average molecular weight is 312 g/mol. The summed E-state index contributed by atoms with van der Waals surface area (Å²) in [7, 11) is 0. The Balaban J connectivity index is 1.83. The number of anilines is 1. The Bertz CT molecular complexity index is 488. The highest BCUT2D eigenvalue weighted by atomic mass is 35.5. The molecule has 0 saturated carbocycles. The fraction of sp³-hybridized carbons (Fsp3) is 0.533. The lowest BCUT2D eigenvalue weighted by atomic mass is 10.0. The third kappa shape index (κ3) is 4.60.